The van der Waals surface area contributed by atoms with Crippen molar-refractivity contribution in [3.05, 3.63) is 120 Å². The van der Waals surface area contributed by atoms with E-state index in [-0.39, 0.29) is 18.3 Å². The smallest absolute Gasteiger partial charge is 0.338 e. The van der Waals surface area contributed by atoms with Gasteiger partial charge in [-0.25, -0.2) is 9.79 Å². The van der Waals surface area contributed by atoms with E-state index in [9.17, 15) is 9.59 Å². The van der Waals surface area contributed by atoms with Crippen molar-refractivity contribution in [3.8, 4) is 17.2 Å². The van der Waals surface area contributed by atoms with Crippen molar-refractivity contribution >= 4 is 23.4 Å². The van der Waals surface area contributed by atoms with Gasteiger partial charge in [-0.15, -0.1) is 0 Å². The number of aromatic nitrogens is 1. The number of rotatable bonds is 10. The van der Waals surface area contributed by atoms with E-state index in [0.717, 1.165) is 11.1 Å². The number of nitrogens with zero attached hydrogens (tertiary/aromatic N) is 2. The molecule has 0 radical (unpaired) electrons. The number of para-hydroxylation sites is 1. The minimum absolute atomic E-state index is 0.109. The summed E-state index contributed by atoms with van der Waals surface area (Å²) in [6, 6.07) is 20.4. The fourth-order valence-electron chi connectivity index (χ4n) is 5.04. The number of carbonyl (C=O) groups is 1. The van der Waals surface area contributed by atoms with Crippen molar-refractivity contribution in [2.75, 3.05) is 13.7 Å². The number of aryl methyl sites for hydroxylation is 1. The molecule has 5 rings (SSSR count). The summed E-state index contributed by atoms with van der Waals surface area (Å²) in [5.41, 5.74) is 4.22. The van der Waals surface area contributed by atoms with Crippen molar-refractivity contribution < 1.29 is 23.7 Å². The van der Waals surface area contributed by atoms with Crippen LogP contribution in [0.3, 0.4) is 0 Å². The first-order valence-corrected chi connectivity index (χ1v) is 15.3. The molecule has 0 bridgehead atoms. The Morgan fingerprint density at radius 2 is 1.77 bits per heavy atom. The summed E-state index contributed by atoms with van der Waals surface area (Å²) in [4.78, 5) is 32.5. The van der Waals surface area contributed by atoms with E-state index < -0.39 is 12.0 Å². The third-order valence-corrected chi connectivity index (χ3v) is 8.08. The molecule has 0 aliphatic carbocycles. The number of methoxy groups -OCH3 is 1. The molecule has 0 fully saturated rings. The maximum atomic E-state index is 14.1. The van der Waals surface area contributed by atoms with Gasteiger partial charge in [0.25, 0.3) is 5.56 Å². The average Bonchev–Trinajstić information content (AvgIpc) is 3.30. The monoisotopic (exact) mass is 612 g/mol. The lowest BCUT2D eigenvalue weighted by Gasteiger charge is -2.26. The minimum Gasteiger partial charge on any atom is -0.493 e. The van der Waals surface area contributed by atoms with Crippen molar-refractivity contribution in [2.45, 2.75) is 53.4 Å². The van der Waals surface area contributed by atoms with Gasteiger partial charge in [0.15, 0.2) is 16.3 Å². The Morgan fingerprint density at radius 3 is 2.48 bits per heavy atom. The summed E-state index contributed by atoms with van der Waals surface area (Å²) in [5.74, 6) is 1.22. The van der Waals surface area contributed by atoms with Crippen LogP contribution in [-0.2, 0) is 16.1 Å². The Hall–Kier alpha value is -4.63. The summed E-state index contributed by atoms with van der Waals surface area (Å²) in [6.45, 7) is 10.0. The van der Waals surface area contributed by atoms with Crippen LogP contribution in [0.5, 0.6) is 17.2 Å². The second-order valence-electron chi connectivity index (χ2n) is 10.7. The van der Waals surface area contributed by atoms with E-state index in [1.54, 1.807) is 31.6 Å². The molecule has 1 atom stereocenters. The Kier molecular flexibility index (Phi) is 9.35. The van der Waals surface area contributed by atoms with Gasteiger partial charge in [0.1, 0.15) is 18.4 Å². The molecule has 0 unspecified atom stereocenters. The van der Waals surface area contributed by atoms with Crippen LogP contribution in [0.2, 0.25) is 0 Å². The fourth-order valence-corrected chi connectivity index (χ4v) is 6.09. The third-order valence-electron chi connectivity index (χ3n) is 7.09. The lowest BCUT2D eigenvalue weighted by molar-refractivity contribution is -0.139. The van der Waals surface area contributed by atoms with E-state index in [1.807, 2.05) is 87.5 Å². The highest BCUT2D eigenvalue weighted by atomic mass is 32.1. The van der Waals surface area contributed by atoms with Crippen LogP contribution in [0.4, 0.5) is 0 Å². The molecule has 3 aromatic carbocycles. The number of carbonyl (C=O) groups excluding carboxylic acids is 1. The number of hydrogen-bond donors (Lipinski definition) is 0. The highest BCUT2D eigenvalue weighted by Gasteiger charge is 2.35. The number of benzene rings is 3. The molecule has 0 N–H and O–H groups in total. The Bertz CT molecular complexity index is 1890. The van der Waals surface area contributed by atoms with E-state index in [4.69, 9.17) is 18.9 Å². The Balaban J connectivity index is 1.57. The van der Waals surface area contributed by atoms with Crippen LogP contribution in [0.1, 0.15) is 56.0 Å². The molecule has 8 nitrogen and oxygen atoms in total. The van der Waals surface area contributed by atoms with Crippen LogP contribution in [-0.4, -0.2) is 30.4 Å². The van der Waals surface area contributed by atoms with Gasteiger partial charge in [-0.3, -0.25) is 9.36 Å². The highest BCUT2D eigenvalue weighted by molar-refractivity contribution is 7.07. The van der Waals surface area contributed by atoms with Gasteiger partial charge in [0.2, 0.25) is 0 Å². The lowest BCUT2D eigenvalue weighted by Crippen LogP contribution is -2.40. The maximum absolute atomic E-state index is 14.1. The number of hydrogen-bond acceptors (Lipinski definition) is 8. The molecule has 0 saturated carbocycles. The van der Waals surface area contributed by atoms with Gasteiger partial charge in [-0.2, -0.15) is 0 Å². The molecule has 1 aromatic heterocycles. The van der Waals surface area contributed by atoms with Crippen LogP contribution in [0.15, 0.2) is 87.8 Å². The van der Waals surface area contributed by atoms with Crippen LogP contribution >= 0.6 is 11.3 Å². The van der Waals surface area contributed by atoms with Gasteiger partial charge in [0.05, 0.1) is 35.6 Å². The van der Waals surface area contributed by atoms with Crippen molar-refractivity contribution in [2.24, 2.45) is 4.99 Å². The largest absolute Gasteiger partial charge is 0.493 e. The first-order valence-electron chi connectivity index (χ1n) is 14.5. The standard InChI is InChI=1S/C35H36N2O6S/c1-7-41-34(39)31-23(5)36-35-37(32(31)26-10-8-9-11-27(26)43-21(2)3)33(38)30(44-35)19-25-16-17-28(29(18-25)40-6)42-20-24-14-12-22(4)13-15-24/h8-19,21,32H,7,20H2,1-6H3/b30-19+/t32-/m0/s1. The summed E-state index contributed by atoms with van der Waals surface area (Å²) >= 11 is 1.26. The molecule has 0 spiro atoms. The molecule has 4 aromatic rings. The third kappa shape index (κ3) is 6.48. The van der Waals surface area contributed by atoms with E-state index >= 15 is 0 Å². The predicted molar refractivity (Wildman–Crippen MR) is 171 cm³/mol. The van der Waals surface area contributed by atoms with Crippen molar-refractivity contribution in [1.29, 1.82) is 0 Å². The van der Waals surface area contributed by atoms with Gasteiger partial charge in [0, 0.05) is 5.56 Å². The summed E-state index contributed by atoms with van der Waals surface area (Å²) in [5, 5.41) is 0. The maximum Gasteiger partial charge on any atom is 0.338 e. The first-order chi connectivity index (χ1) is 21.2. The van der Waals surface area contributed by atoms with Crippen molar-refractivity contribution in [1.82, 2.24) is 4.57 Å². The minimum atomic E-state index is -0.769. The molecule has 2 heterocycles. The molecule has 1 aliphatic heterocycles. The van der Waals surface area contributed by atoms with Gasteiger partial charge < -0.3 is 18.9 Å². The quantitative estimate of drug-likeness (QED) is 0.221. The van der Waals surface area contributed by atoms with Crippen LogP contribution in [0.25, 0.3) is 6.08 Å². The number of thiazole rings is 1. The van der Waals surface area contributed by atoms with E-state index in [2.05, 4.69) is 4.99 Å². The molecule has 1 aliphatic rings. The topological polar surface area (TPSA) is 88.4 Å². The van der Waals surface area contributed by atoms with Gasteiger partial charge in [-0.05, 0) is 70.0 Å². The predicted octanol–water partition coefficient (Wildman–Crippen LogP) is 5.48. The second kappa shape index (κ2) is 13.3. The zero-order chi connectivity index (χ0) is 31.4. The molecule has 44 heavy (non-hydrogen) atoms. The highest BCUT2D eigenvalue weighted by Crippen LogP contribution is 2.36. The zero-order valence-corrected chi connectivity index (χ0v) is 26.6. The molecule has 228 valence electrons. The molecule has 0 amide bonds. The number of fused-ring (bicyclic) bond motifs is 1. The summed E-state index contributed by atoms with van der Waals surface area (Å²) in [7, 11) is 1.59. The molecular weight excluding hydrogens is 576 g/mol. The summed E-state index contributed by atoms with van der Waals surface area (Å²) in [6.07, 6.45) is 1.69. The fraction of sp³-hybridized carbons (Fsp3) is 0.286. The normalized spacial score (nSPS) is 14.7. The Labute approximate surface area is 260 Å². The Morgan fingerprint density at radius 1 is 1.02 bits per heavy atom. The van der Waals surface area contributed by atoms with Gasteiger partial charge >= 0.3 is 5.97 Å². The second-order valence-corrected chi connectivity index (χ2v) is 11.7. The van der Waals surface area contributed by atoms with E-state index in [0.29, 0.717) is 50.0 Å². The van der Waals surface area contributed by atoms with Crippen LogP contribution < -0.4 is 29.1 Å². The van der Waals surface area contributed by atoms with Gasteiger partial charge in [-0.1, -0.05) is 65.4 Å². The number of ether oxygens (including phenoxy) is 4. The van der Waals surface area contributed by atoms with E-state index in [1.165, 1.54) is 16.9 Å². The molecule has 0 saturated heterocycles. The van der Waals surface area contributed by atoms with Crippen LogP contribution in [0, 0.1) is 6.92 Å². The lowest BCUT2D eigenvalue weighted by atomic mass is 9.95. The zero-order valence-electron chi connectivity index (χ0n) is 25.7. The molecular formula is C35H36N2O6S. The summed E-state index contributed by atoms with van der Waals surface area (Å²) < 4.78 is 25.2. The average molecular weight is 613 g/mol. The first kappa shape index (κ1) is 30.8. The number of allylic oxidation sites excluding steroid dienone is 1. The molecule has 9 heteroatoms. The number of esters is 1. The van der Waals surface area contributed by atoms with Crippen molar-refractivity contribution in [3.63, 3.8) is 0 Å². The SMILES string of the molecule is CCOC(=O)C1=C(C)N=c2s/c(=C/c3ccc(OCc4ccc(C)cc4)c(OC)c3)c(=O)n2[C@H]1c1ccccc1OC(C)C.